The summed E-state index contributed by atoms with van der Waals surface area (Å²) in [5.41, 5.74) is 2.22. The Balaban J connectivity index is 1.31. The number of nitrogens with zero attached hydrogens (tertiary/aromatic N) is 2. The molecule has 28 heavy (non-hydrogen) atoms. The Bertz CT molecular complexity index is 940. The summed E-state index contributed by atoms with van der Waals surface area (Å²) in [4.78, 5) is 11.9. The van der Waals surface area contributed by atoms with Crippen molar-refractivity contribution in [2.45, 2.75) is 25.5 Å². The Morgan fingerprint density at radius 2 is 1.75 bits per heavy atom. The summed E-state index contributed by atoms with van der Waals surface area (Å²) < 4.78 is 5.77. The first kappa shape index (κ1) is 18.3. The molecular weight excluding hydrogens is 376 g/mol. The van der Waals surface area contributed by atoms with Crippen molar-refractivity contribution in [3.05, 3.63) is 76.9 Å². The summed E-state index contributed by atoms with van der Waals surface area (Å²) in [7, 11) is 0. The Hall–Kier alpha value is -3.12. The van der Waals surface area contributed by atoms with Gasteiger partial charge in [-0.25, -0.2) is 0 Å². The fraction of sp³-hybridized carbons (Fsp3) is 0.190. The van der Waals surface area contributed by atoms with Gasteiger partial charge in [-0.1, -0.05) is 23.7 Å². The van der Waals surface area contributed by atoms with Gasteiger partial charge in [0, 0.05) is 16.8 Å². The number of ether oxygens (including phenoxy) is 1. The first-order valence-electron chi connectivity index (χ1n) is 9.05. The summed E-state index contributed by atoms with van der Waals surface area (Å²) in [6.45, 7) is 0.472. The van der Waals surface area contributed by atoms with Crippen LogP contribution in [0.2, 0.25) is 5.02 Å². The summed E-state index contributed by atoms with van der Waals surface area (Å²) in [5, 5.41) is 14.8. The summed E-state index contributed by atoms with van der Waals surface area (Å²) in [6.07, 6.45) is 2.08. The van der Waals surface area contributed by atoms with Gasteiger partial charge in [0.2, 0.25) is 0 Å². The minimum absolute atomic E-state index is 0.177. The fourth-order valence-corrected chi connectivity index (χ4v) is 2.66. The SMILES string of the molecule is O=C(NC1CC1)c1ccc(Nc2ccc(OCc3ccc(Cl)cc3)cc2)nn1. The van der Waals surface area contributed by atoms with Crippen LogP contribution in [-0.2, 0) is 6.61 Å². The smallest absolute Gasteiger partial charge is 0.272 e. The average Bonchev–Trinajstić information content (AvgIpc) is 3.53. The third-order valence-corrected chi connectivity index (χ3v) is 4.51. The van der Waals surface area contributed by atoms with E-state index in [4.69, 9.17) is 16.3 Å². The normalized spacial score (nSPS) is 13.0. The van der Waals surface area contributed by atoms with E-state index in [1.165, 1.54) is 0 Å². The number of amides is 1. The zero-order valence-corrected chi connectivity index (χ0v) is 15.8. The molecule has 0 radical (unpaired) electrons. The minimum atomic E-state index is -0.177. The summed E-state index contributed by atoms with van der Waals surface area (Å²) in [5.74, 6) is 1.15. The molecule has 2 N–H and O–H groups in total. The maximum Gasteiger partial charge on any atom is 0.272 e. The average molecular weight is 395 g/mol. The highest BCUT2D eigenvalue weighted by Gasteiger charge is 2.24. The second kappa shape index (κ2) is 8.27. The zero-order chi connectivity index (χ0) is 19.3. The van der Waals surface area contributed by atoms with Crippen LogP contribution < -0.4 is 15.4 Å². The number of hydrogen-bond donors (Lipinski definition) is 2. The minimum Gasteiger partial charge on any atom is -0.489 e. The number of carbonyl (C=O) groups excluding carboxylic acids is 1. The third-order valence-electron chi connectivity index (χ3n) is 4.26. The number of carbonyl (C=O) groups is 1. The number of rotatable bonds is 7. The molecule has 1 saturated carbocycles. The lowest BCUT2D eigenvalue weighted by atomic mass is 10.2. The molecule has 2 aromatic carbocycles. The fourth-order valence-electron chi connectivity index (χ4n) is 2.54. The van der Waals surface area contributed by atoms with Crippen molar-refractivity contribution in [1.29, 1.82) is 0 Å². The maximum atomic E-state index is 11.9. The molecule has 1 fully saturated rings. The van der Waals surface area contributed by atoms with E-state index in [-0.39, 0.29) is 5.91 Å². The molecule has 1 aromatic heterocycles. The number of anilines is 2. The highest BCUT2D eigenvalue weighted by Crippen LogP contribution is 2.21. The van der Waals surface area contributed by atoms with Gasteiger partial charge < -0.3 is 15.4 Å². The van der Waals surface area contributed by atoms with Crippen LogP contribution in [0.5, 0.6) is 5.75 Å². The van der Waals surface area contributed by atoms with Crippen LogP contribution in [0.25, 0.3) is 0 Å². The number of halogens is 1. The Morgan fingerprint density at radius 3 is 2.39 bits per heavy atom. The van der Waals surface area contributed by atoms with Crippen molar-refractivity contribution in [2.75, 3.05) is 5.32 Å². The highest BCUT2D eigenvalue weighted by molar-refractivity contribution is 6.30. The van der Waals surface area contributed by atoms with Crippen molar-refractivity contribution in [3.8, 4) is 5.75 Å². The molecule has 0 saturated heterocycles. The van der Waals surface area contributed by atoms with Crippen LogP contribution in [0, 0.1) is 0 Å². The predicted molar refractivity (Wildman–Crippen MR) is 108 cm³/mol. The van der Waals surface area contributed by atoms with Crippen LogP contribution >= 0.6 is 11.6 Å². The molecule has 0 atom stereocenters. The lowest BCUT2D eigenvalue weighted by Gasteiger charge is -2.09. The largest absolute Gasteiger partial charge is 0.489 e. The van der Waals surface area contributed by atoms with Crippen molar-refractivity contribution < 1.29 is 9.53 Å². The highest BCUT2D eigenvalue weighted by atomic mass is 35.5. The zero-order valence-electron chi connectivity index (χ0n) is 15.1. The molecule has 142 valence electrons. The molecule has 1 heterocycles. The monoisotopic (exact) mass is 394 g/mol. The van der Waals surface area contributed by atoms with Gasteiger partial charge in [0.1, 0.15) is 12.4 Å². The Labute approximate surface area is 167 Å². The van der Waals surface area contributed by atoms with Crippen molar-refractivity contribution in [1.82, 2.24) is 15.5 Å². The van der Waals surface area contributed by atoms with Gasteiger partial charge in [-0.05, 0) is 66.9 Å². The lowest BCUT2D eigenvalue weighted by Crippen LogP contribution is -2.26. The summed E-state index contributed by atoms with van der Waals surface area (Å²) in [6, 6.07) is 18.8. The first-order valence-corrected chi connectivity index (χ1v) is 9.42. The predicted octanol–water partition coefficient (Wildman–Crippen LogP) is 4.34. The molecule has 3 aromatic rings. The molecular formula is C21H19ClN4O2. The quantitative estimate of drug-likeness (QED) is 0.623. The molecule has 1 amide bonds. The number of hydrogen-bond acceptors (Lipinski definition) is 5. The van der Waals surface area contributed by atoms with Crippen molar-refractivity contribution in [3.63, 3.8) is 0 Å². The van der Waals surface area contributed by atoms with E-state index in [0.717, 1.165) is 29.8 Å². The van der Waals surface area contributed by atoms with E-state index in [1.807, 2.05) is 48.5 Å². The van der Waals surface area contributed by atoms with Gasteiger partial charge in [-0.2, -0.15) is 0 Å². The van der Waals surface area contributed by atoms with Crippen molar-refractivity contribution in [2.24, 2.45) is 0 Å². The van der Waals surface area contributed by atoms with Gasteiger partial charge in [0.05, 0.1) is 0 Å². The van der Waals surface area contributed by atoms with Crippen LogP contribution in [0.15, 0.2) is 60.7 Å². The van der Waals surface area contributed by atoms with E-state index >= 15 is 0 Å². The van der Waals surface area contributed by atoms with Gasteiger partial charge in [0.25, 0.3) is 5.91 Å². The van der Waals surface area contributed by atoms with Crippen LogP contribution in [-0.4, -0.2) is 22.1 Å². The standard InChI is InChI=1S/C21H19ClN4O2/c22-15-3-1-14(2-4-15)13-28-18-9-7-16(8-10-18)23-20-12-11-19(25-26-20)21(27)24-17-5-6-17/h1-4,7-12,17H,5-6,13H2,(H,23,26)(H,24,27). The van der Waals surface area contributed by atoms with Gasteiger partial charge >= 0.3 is 0 Å². The second-order valence-corrected chi connectivity index (χ2v) is 7.05. The van der Waals surface area contributed by atoms with Crippen molar-refractivity contribution >= 4 is 29.0 Å². The van der Waals surface area contributed by atoms with Crippen LogP contribution in [0.3, 0.4) is 0 Å². The maximum absolute atomic E-state index is 11.9. The molecule has 0 spiro atoms. The molecule has 7 heteroatoms. The topological polar surface area (TPSA) is 76.1 Å². The Kier molecular flexibility index (Phi) is 5.39. The Morgan fingerprint density at radius 1 is 1.00 bits per heavy atom. The van der Waals surface area contributed by atoms with Gasteiger partial charge in [-0.15, -0.1) is 10.2 Å². The van der Waals surface area contributed by atoms with Crippen LogP contribution in [0.4, 0.5) is 11.5 Å². The molecule has 6 nitrogen and oxygen atoms in total. The van der Waals surface area contributed by atoms with E-state index in [0.29, 0.717) is 29.2 Å². The lowest BCUT2D eigenvalue weighted by molar-refractivity contribution is 0.0945. The van der Waals surface area contributed by atoms with Crippen LogP contribution in [0.1, 0.15) is 28.9 Å². The molecule has 1 aliphatic carbocycles. The molecule has 4 rings (SSSR count). The first-order chi connectivity index (χ1) is 13.7. The summed E-state index contributed by atoms with van der Waals surface area (Å²) >= 11 is 5.88. The van der Waals surface area contributed by atoms with E-state index in [1.54, 1.807) is 12.1 Å². The molecule has 0 unspecified atom stereocenters. The van der Waals surface area contributed by atoms with E-state index in [2.05, 4.69) is 20.8 Å². The number of benzene rings is 2. The molecule has 0 aliphatic heterocycles. The number of aromatic nitrogens is 2. The van der Waals surface area contributed by atoms with E-state index in [9.17, 15) is 4.79 Å². The molecule has 1 aliphatic rings. The van der Waals surface area contributed by atoms with Gasteiger partial charge in [-0.3, -0.25) is 4.79 Å². The third kappa shape index (κ3) is 4.98. The van der Waals surface area contributed by atoms with Gasteiger partial charge in [0.15, 0.2) is 11.5 Å². The van der Waals surface area contributed by atoms with E-state index < -0.39 is 0 Å². The second-order valence-electron chi connectivity index (χ2n) is 6.62. The molecule has 0 bridgehead atoms. The number of nitrogens with one attached hydrogen (secondary N) is 2.